The molecule has 2 atom stereocenters. The van der Waals surface area contributed by atoms with Gasteiger partial charge in [0.25, 0.3) is 11.8 Å². The smallest absolute Gasteiger partial charge is 0.253 e. The third-order valence-electron chi connectivity index (χ3n) is 8.47. The van der Waals surface area contributed by atoms with E-state index in [-0.39, 0.29) is 37.0 Å². The predicted octanol–water partition coefficient (Wildman–Crippen LogP) is 5.95. The summed E-state index contributed by atoms with van der Waals surface area (Å²) in [6.45, 7) is -0.750. The Kier molecular flexibility index (Phi) is 21.1. The van der Waals surface area contributed by atoms with Crippen LogP contribution in [0.5, 0.6) is 17.2 Å². The molecule has 0 fully saturated rings. The van der Waals surface area contributed by atoms with Crippen LogP contribution in [-0.2, 0) is 9.59 Å². The number of nitrogens with zero attached hydrogens (tertiary/aromatic N) is 1. The first-order valence-corrected chi connectivity index (χ1v) is 19.0. The number of halogens is 6. The average molecular weight is 848 g/mol. The Morgan fingerprint density at radius 1 is 0.600 bits per heavy atom. The van der Waals surface area contributed by atoms with Crippen molar-refractivity contribution in [2.45, 2.75) is 57.0 Å². The molecule has 12 nitrogen and oxygen atoms in total. The summed E-state index contributed by atoms with van der Waals surface area (Å²) >= 11 is 0. The second-order valence-corrected chi connectivity index (χ2v) is 13.0. The number of pyridine rings is 1. The summed E-state index contributed by atoms with van der Waals surface area (Å²) in [5.74, 6) is -7.63. The number of nitrogens with one attached hydrogen (secondary N) is 2. The molecule has 4 aromatic rings. The Morgan fingerprint density at radius 3 is 1.53 bits per heavy atom. The molecule has 0 aliphatic heterocycles. The minimum absolute atomic E-state index is 0.0686. The number of rotatable bonds is 24. The van der Waals surface area contributed by atoms with E-state index in [2.05, 4.69) is 15.6 Å². The van der Waals surface area contributed by atoms with Gasteiger partial charge >= 0.3 is 0 Å². The second kappa shape index (κ2) is 26.2. The quantitative estimate of drug-likeness (QED) is 0.0373. The molecule has 1 heterocycles. The van der Waals surface area contributed by atoms with E-state index in [0.29, 0.717) is 44.5 Å². The number of benzene rings is 3. The number of unbranched alkanes of at least 4 members (excludes halogenated alkanes) is 2. The molecule has 0 radical (unpaired) electrons. The molecule has 1 aromatic heterocycles. The zero-order valence-corrected chi connectivity index (χ0v) is 32.6. The second-order valence-electron chi connectivity index (χ2n) is 13.0. The molecule has 0 aliphatic carbocycles. The Bertz CT molecular complexity index is 1950. The van der Waals surface area contributed by atoms with Crippen molar-refractivity contribution in [3.05, 3.63) is 119 Å². The van der Waals surface area contributed by atoms with Crippen molar-refractivity contribution < 1.29 is 59.7 Å². The van der Waals surface area contributed by atoms with Crippen LogP contribution in [0.15, 0.2) is 79.0 Å². The van der Waals surface area contributed by atoms with Crippen LogP contribution in [-0.4, -0.2) is 80.0 Å². The molecule has 18 heteroatoms. The van der Waals surface area contributed by atoms with Crippen molar-refractivity contribution in [2.24, 2.45) is 11.5 Å². The molecule has 0 saturated carbocycles. The molecule has 3 aromatic carbocycles. The lowest BCUT2D eigenvalue weighted by atomic mass is 10.0. The molecule has 0 spiro atoms. The van der Waals surface area contributed by atoms with E-state index in [1.807, 2.05) is 0 Å². The highest BCUT2D eigenvalue weighted by molar-refractivity contribution is 5.99. The third kappa shape index (κ3) is 16.3. The first kappa shape index (κ1) is 48.4. The fourth-order valence-electron chi connectivity index (χ4n) is 5.31. The van der Waals surface area contributed by atoms with Crippen LogP contribution in [0.25, 0.3) is 0 Å². The number of alkyl halides is 1. The number of Topliss-reactive ketones (excluding diaryl/α,β-unsaturated/α-hetero) is 2. The van der Waals surface area contributed by atoms with Gasteiger partial charge in [-0.15, -0.1) is 0 Å². The van der Waals surface area contributed by atoms with Crippen LogP contribution in [0.3, 0.4) is 0 Å². The zero-order valence-electron chi connectivity index (χ0n) is 32.6. The van der Waals surface area contributed by atoms with Crippen molar-refractivity contribution in [1.29, 1.82) is 0 Å². The fraction of sp³-hybridized carbons (Fsp3) is 0.357. The van der Waals surface area contributed by atoms with Crippen LogP contribution in [0.2, 0.25) is 0 Å². The first-order chi connectivity index (χ1) is 28.9. The summed E-state index contributed by atoms with van der Waals surface area (Å²) in [5, 5.41) is 5.16. The van der Waals surface area contributed by atoms with Gasteiger partial charge in [-0.25, -0.2) is 22.5 Å². The van der Waals surface area contributed by atoms with E-state index in [1.165, 1.54) is 24.3 Å². The van der Waals surface area contributed by atoms with Gasteiger partial charge in [-0.2, -0.15) is 4.39 Å². The highest BCUT2D eigenvalue weighted by Crippen LogP contribution is 2.22. The summed E-state index contributed by atoms with van der Waals surface area (Å²) in [5.41, 5.74) is 11.3. The Hall–Kier alpha value is -6.01. The van der Waals surface area contributed by atoms with Crippen molar-refractivity contribution >= 4 is 23.4 Å². The number of ketones is 2. The van der Waals surface area contributed by atoms with Crippen molar-refractivity contribution in [3.8, 4) is 17.2 Å². The molecule has 4 rings (SSSR count). The number of carbonyl (C=O) groups excluding carboxylic acids is 4. The maximum atomic E-state index is 13.7. The van der Waals surface area contributed by atoms with Crippen molar-refractivity contribution in [3.63, 3.8) is 0 Å². The fourth-order valence-corrected chi connectivity index (χ4v) is 5.31. The molecule has 0 bridgehead atoms. The van der Waals surface area contributed by atoms with Gasteiger partial charge in [-0.05, 0) is 106 Å². The lowest BCUT2D eigenvalue weighted by Crippen LogP contribution is -2.43. The summed E-state index contributed by atoms with van der Waals surface area (Å²) in [6, 6.07) is 13.0. The van der Waals surface area contributed by atoms with Crippen LogP contribution in [0.1, 0.15) is 65.7 Å². The molecule has 0 aliphatic rings. The molecule has 324 valence electrons. The SMILES string of the molecule is NCCCCC(NC(=O)c1ccc(F)nc1)C(=O)COc1c(F)cccc1F.NCCCCC(NC(=O)c1cccc(OCCCF)c1)C(=O)COc1c(F)cccc1F. The van der Waals surface area contributed by atoms with Crippen LogP contribution in [0, 0.1) is 29.2 Å². The van der Waals surface area contributed by atoms with Gasteiger partial charge in [-0.1, -0.05) is 18.2 Å². The largest absolute Gasteiger partial charge is 0.493 e. The highest BCUT2D eigenvalue weighted by atomic mass is 19.2. The molecule has 2 unspecified atom stereocenters. The number of para-hydroxylation sites is 2. The number of ether oxygens (including phenoxy) is 3. The molecule has 60 heavy (non-hydrogen) atoms. The molecule has 0 saturated heterocycles. The predicted molar refractivity (Wildman–Crippen MR) is 209 cm³/mol. The van der Waals surface area contributed by atoms with E-state index < -0.39 is 96.1 Å². The summed E-state index contributed by atoms with van der Waals surface area (Å²) in [7, 11) is 0. The molecule has 6 N–H and O–H groups in total. The van der Waals surface area contributed by atoms with Gasteiger partial charge in [0.05, 0.1) is 30.9 Å². The van der Waals surface area contributed by atoms with Crippen molar-refractivity contribution in [2.75, 3.05) is 39.6 Å². The van der Waals surface area contributed by atoms with Gasteiger partial charge in [0.15, 0.2) is 46.3 Å². The number of aromatic nitrogens is 1. The minimum Gasteiger partial charge on any atom is -0.493 e. The molecular formula is C42H47F6N5O7. The third-order valence-corrected chi connectivity index (χ3v) is 8.47. The average Bonchev–Trinajstić information content (AvgIpc) is 3.23. The lowest BCUT2D eigenvalue weighted by Gasteiger charge is -2.18. The summed E-state index contributed by atoms with van der Waals surface area (Å²) in [4.78, 5) is 53.5. The normalized spacial score (nSPS) is 11.7. The highest BCUT2D eigenvalue weighted by Gasteiger charge is 2.25. The number of amides is 2. The summed E-state index contributed by atoms with van der Waals surface area (Å²) < 4.78 is 95.2. The van der Waals surface area contributed by atoms with Gasteiger partial charge in [0.1, 0.15) is 19.0 Å². The standard InChI is InChI=1S/C23H27F3N2O4.C19H20F3N3O3/c24-11-5-13-31-17-7-3-6-16(14-17)23(30)28-20(10-1-2-12-27)21(29)15-32-22-18(25)8-4-9-19(22)26;20-13-4-3-5-14(21)18(13)28-11-16(26)15(6-1-2-9-23)25-19(27)12-7-8-17(22)24-10-12/h3-4,6-9,14,20H,1-2,5,10-13,15,27H2,(H,28,30);3-5,7-8,10,15H,1-2,6,9,11,23H2,(H,25,27). The Balaban J connectivity index is 0.000000323. The number of carbonyl (C=O) groups is 4. The monoisotopic (exact) mass is 847 g/mol. The molecule has 2 amide bonds. The zero-order chi connectivity index (χ0) is 43.9. The number of nitrogens with two attached hydrogens (primary N) is 2. The maximum Gasteiger partial charge on any atom is 0.253 e. The van der Waals surface area contributed by atoms with Crippen molar-refractivity contribution in [1.82, 2.24) is 15.6 Å². The van der Waals surface area contributed by atoms with Gasteiger partial charge in [0, 0.05) is 18.2 Å². The van der Waals surface area contributed by atoms with Crippen LogP contribution >= 0.6 is 0 Å². The van der Waals surface area contributed by atoms with E-state index in [4.69, 9.17) is 25.7 Å². The number of hydrogen-bond donors (Lipinski definition) is 4. The number of hydrogen-bond acceptors (Lipinski definition) is 10. The topological polar surface area (TPSA) is 185 Å². The minimum atomic E-state index is -0.959. The van der Waals surface area contributed by atoms with Gasteiger partial charge < -0.3 is 36.3 Å². The Labute approximate surface area is 343 Å². The van der Waals surface area contributed by atoms with Gasteiger partial charge in [-0.3, -0.25) is 23.6 Å². The van der Waals surface area contributed by atoms with Crippen LogP contribution < -0.4 is 36.3 Å². The van der Waals surface area contributed by atoms with E-state index in [0.717, 1.165) is 36.5 Å². The van der Waals surface area contributed by atoms with E-state index in [9.17, 15) is 45.5 Å². The van der Waals surface area contributed by atoms with E-state index >= 15 is 0 Å². The van der Waals surface area contributed by atoms with Gasteiger partial charge in [0.2, 0.25) is 5.95 Å². The maximum absolute atomic E-state index is 13.7. The van der Waals surface area contributed by atoms with Crippen LogP contribution in [0.4, 0.5) is 26.3 Å². The molecular weight excluding hydrogens is 800 g/mol. The Morgan fingerprint density at radius 2 is 1.08 bits per heavy atom. The van der Waals surface area contributed by atoms with E-state index in [1.54, 1.807) is 18.2 Å². The lowest BCUT2D eigenvalue weighted by molar-refractivity contribution is -0.123. The summed E-state index contributed by atoms with van der Waals surface area (Å²) in [6.07, 6.45) is 4.20. The first-order valence-electron chi connectivity index (χ1n) is 19.0.